The van der Waals surface area contributed by atoms with E-state index in [0.29, 0.717) is 24.7 Å². The zero-order valence-electron chi connectivity index (χ0n) is 12.8. The summed E-state index contributed by atoms with van der Waals surface area (Å²) in [4.78, 5) is 30.3. The first-order valence-corrected chi connectivity index (χ1v) is 9.10. The molecule has 7 heteroatoms. The van der Waals surface area contributed by atoms with E-state index >= 15 is 0 Å². The number of rotatable bonds is 4. The van der Waals surface area contributed by atoms with Crippen molar-refractivity contribution in [2.24, 2.45) is 17.8 Å². The van der Waals surface area contributed by atoms with Crippen molar-refractivity contribution in [1.29, 1.82) is 0 Å². The van der Waals surface area contributed by atoms with Crippen LogP contribution in [0.25, 0.3) is 0 Å². The van der Waals surface area contributed by atoms with Crippen LogP contribution in [0.1, 0.15) is 47.3 Å². The maximum atomic E-state index is 12.7. The molecular weight excluding hydrogens is 316 g/mol. The van der Waals surface area contributed by atoms with Gasteiger partial charge < -0.3 is 14.7 Å². The second-order valence-electron chi connectivity index (χ2n) is 6.73. The van der Waals surface area contributed by atoms with Gasteiger partial charge in [0.1, 0.15) is 16.8 Å². The van der Waals surface area contributed by atoms with Crippen molar-refractivity contribution in [3.63, 3.8) is 0 Å². The summed E-state index contributed by atoms with van der Waals surface area (Å²) in [5.74, 6) is -0.766. The molecule has 0 aromatic carbocycles. The Hall–Kier alpha value is -1.47. The molecule has 23 heavy (non-hydrogen) atoms. The molecule has 3 fully saturated rings. The Labute approximate surface area is 138 Å². The average Bonchev–Trinajstić information content (AvgIpc) is 3.03. The molecule has 1 aromatic heterocycles. The van der Waals surface area contributed by atoms with Gasteiger partial charge in [-0.05, 0) is 37.5 Å². The Bertz CT molecular complexity index is 621. The lowest BCUT2D eigenvalue weighted by molar-refractivity contribution is -0.142. The SMILES string of the molecule is O=C(O)[C@H]1CN(C(=O)c2csc(C3CCCO3)n2)C[C@@H]1C1CC1. The van der Waals surface area contributed by atoms with Crippen LogP contribution in [-0.4, -0.2) is 46.6 Å². The number of nitrogens with zero attached hydrogens (tertiary/aromatic N) is 2. The number of carboxylic acids is 1. The van der Waals surface area contributed by atoms with Gasteiger partial charge in [0.25, 0.3) is 5.91 Å². The van der Waals surface area contributed by atoms with E-state index in [9.17, 15) is 14.7 Å². The fraction of sp³-hybridized carbons (Fsp3) is 0.688. The molecule has 4 rings (SSSR count). The summed E-state index contributed by atoms with van der Waals surface area (Å²) in [6.07, 6.45) is 4.19. The number of hydrogen-bond donors (Lipinski definition) is 1. The Morgan fingerprint density at radius 1 is 1.30 bits per heavy atom. The Morgan fingerprint density at radius 3 is 2.78 bits per heavy atom. The highest BCUT2D eigenvalue weighted by molar-refractivity contribution is 7.09. The topological polar surface area (TPSA) is 79.7 Å². The van der Waals surface area contributed by atoms with Gasteiger partial charge in [0.05, 0.1) is 5.92 Å². The Kier molecular flexibility index (Phi) is 3.85. The number of carbonyl (C=O) groups excluding carboxylic acids is 1. The molecule has 2 aliphatic heterocycles. The van der Waals surface area contributed by atoms with Crippen LogP contribution in [0.3, 0.4) is 0 Å². The van der Waals surface area contributed by atoms with Gasteiger partial charge >= 0.3 is 5.97 Å². The molecule has 1 unspecified atom stereocenters. The lowest BCUT2D eigenvalue weighted by Crippen LogP contribution is -2.30. The zero-order valence-corrected chi connectivity index (χ0v) is 13.6. The van der Waals surface area contributed by atoms with Crippen LogP contribution in [0.4, 0.5) is 0 Å². The summed E-state index contributed by atoms with van der Waals surface area (Å²) < 4.78 is 5.61. The first-order valence-electron chi connectivity index (χ1n) is 8.22. The molecule has 1 aliphatic carbocycles. The number of carboxylic acid groups (broad SMARTS) is 1. The van der Waals surface area contributed by atoms with Crippen LogP contribution in [0.15, 0.2) is 5.38 Å². The number of carbonyl (C=O) groups is 2. The van der Waals surface area contributed by atoms with Crippen molar-refractivity contribution in [3.05, 3.63) is 16.1 Å². The maximum absolute atomic E-state index is 12.7. The summed E-state index contributed by atoms with van der Waals surface area (Å²) in [7, 11) is 0. The normalized spacial score (nSPS) is 30.8. The predicted octanol–water partition coefficient (Wildman–Crippen LogP) is 2.18. The molecule has 2 saturated heterocycles. The minimum atomic E-state index is -0.782. The first-order chi connectivity index (χ1) is 11.1. The number of hydrogen-bond acceptors (Lipinski definition) is 5. The quantitative estimate of drug-likeness (QED) is 0.911. The second kappa shape index (κ2) is 5.87. The lowest BCUT2D eigenvalue weighted by Gasteiger charge is -2.14. The molecule has 0 radical (unpaired) electrons. The van der Waals surface area contributed by atoms with Crippen molar-refractivity contribution in [1.82, 2.24) is 9.88 Å². The van der Waals surface area contributed by atoms with Crippen LogP contribution in [0, 0.1) is 17.8 Å². The third-order valence-corrected chi connectivity index (χ3v) is 6.08. The summed E-state index contributed by atoms with van der Waals surface area (Å²) >= 11 is 1.46. The zero-order chi connectivity index (χ0) is 16.0. The highest BCUT2D eigenvalue weighted by Gasteiger charge is 2.47. The van der Waals surface area contributed by atoms with Crippen LogP contribution in [-0.2, 0) is 9.53 Å². The highest BCUT2D eigenvalue weighted by Crippen LogP contribution is 2.44. The number of ether oxygens (including phenoxy) is 1. The van der Waals surface area contributed by atoms with E-state index in [0.717, 1.165) is 37.3 Å². The van der Waals surface area contributed by atoms with Gasteiger partial charge in [-0.3, -0.25) is 9.59 Å². The molecule has 0 bridgehead atoms. The fourth-order valence-electron chi connectivity index (χ4n) is 3.73. The van der Waals surface area contributed by atoms with Crippen molar-refractivity contribution in [2.45, 2.75) is 31.8 Å². The van der Waals surface area contributed by atoms with Gasteiger partial charge in [0.2, 0.25) is 0 Å². The average molecular weight is 336 g/mol. The predicted molar refractivity (Wildman–Crippen MR) is 83.3 cm³/mol. The highest BCUT2D eigenvalue weighted by atomic mass is 32.1. The van der Waals surface area contributed by atoms with E-state index in [1.807, 2.05) is 0 Å². The molecule has 1 N–H and O–H groups in total. The van der Waals surface area contributed by atoms with Crippen LogP contribution in [0.2, 0.25) is 0 Å². The monoisotopic (exact) mass is 336 g/mol. The largest absolute Gasteiger partial charge is 0.481 e. The third-order valence-electron chi connectivity index (χ3n) is 5.14. The standard InChI is InChI=1S/C16H20N2O4S/c19-15(12-8-23-14(17-12)13-2-1-5-22-13)18-6-10(9-3-4-9)11(7-18)16(20)21/h8-11,13H,1-7H2,(H,20,21)/t10-,11+,13?/m1/s1. The molecule has 1 saturated carbocycles. The fourth-order valence-corrected chi connectivity index (χ4v) is 4.60. The van der Waals surface area contributed by atoms with Gasteiger partial charge in [-0.1, -0.05) is 0 Å². The number of aromatic nitrogens is 1. The number of amides is 1. The molecule has 1 aromatic rings. The summed E-state index contributed by atoms with van der Waals surface area (Å²) in [5.41, 5.74) is 0.432. The molecule has 0 spiro atoms. The summed E-state index contributed by atoms with van der Waals surface area (Å²) in [5, 5.41) is 12.0. The molecule has 1 amide bonds. The van der Waals surface area contributed by atoms with E-state index < -0.39 is 11.9 Å². The molecule has 3 atom stereocenters. The van der Waals surface area contributed by atoms with Crippen LogP contribution in [0.5, 0.6) is 0 Å². The summed E-state index contributed by atoms with van der Waals surface area (Å²) in [6.45, 7) is 1.61. The van der Waals surface area contributed by atoms with Gasteiger partial charge in [0.15, 0.2) is 0 Å². The Balaban J connectivity index is 1.47. The summed E-state index contributed by atoms with van der Waals surface area (Å²) in [6, 6.07) is 0. The van der Waals surface area contributed by atoms with E-state index in [1.54, 1.807) is 10.3 Å². The maximum Gasteiger partial charge on any atom is 0.308 e. The van der Waals surface area contributed by atoms with Crippen molar-refractivity contribution in [3.8, 4) is 0 Å². The molecular formula is C16H20N2O4S. The molecule has 3 heterocycles. The minimum Gasteiger partial charge on any atom is -0.481 e. The van der Waals surface area contributed by atoms with E-state index in [-0.39, 0.29) is 17.9 Å². The molecule has 124 valence electrons. The third kappa shape index (κ3) is 2.87. The molecule has 3 aliphatic rings. The number of thiazole rings is 1. The van der Waals surface area contributed by atoms with Gasteiger partial charge in [-0.2, -0.15) is 0 Å². The van der Waals surface area contributed by atoms with Crippen molar-refractivity contribution in [2.75, 3.05) is 19.7 Å². The second-order valence-corrected chi connectivity index (χ2v) is 7.62. The first kappa shape index (κ1) is 15.1. The lowest BCUT2D eigenvalue weighted by atomic mass is 9.92. The van der Waals surface area contributed by atoms with Crippen molar-refractivity contribution >= 4 is 23.2 Å². The van der Waals surface area contributed by atoms with E-state index in [1.165, 1.54) is 11.3 Å². The smallest absolute Gasteiger partial charge is 0.308 e. The van der Waals surface area contributed by atoms with Gasteiger partial charge in [-0.25, -0.2) is 4.98 Å². The number of likely N-dealkylation sites (tertiary alicyclic amines) is 1. The minimum absolute atomic E-state index is 0.0195. The van der Waals surface area contributed by atoms with Crippen molar-refractivity contribution < 1.29 is 19.4 Å². The van der Waals surface area contributed by atoms with Crippen LogP contribution < -0.4 is 0 Å². The van der Waals surface area contributed by atoms with Gasteiger partial charge in [0, 0.05) is 25.1 Å². The van der Waals surface area contributed by atoms with Gasteiger partial charge in [-0.15, -0.1) is 11.3 Å². The van der Waals surface area contributed by atoms with E-state index in [4.69, 9.17) is 4.74 Å². The Morgan fingerprint density at radius 2 is 2.13 bits per heavy atom. The molecule has 6 nitrogen and oxygen atoms in total. The number of aliphatic carboxylic acids is 1. The van der Waals surface area contributed by atoms with E-state index in [2.05, 4.69) is 4.98 Å². The van der Waals surface area contributed by atoms with Crippen LogP contribution >= 0.6 is 11.3 Å².